The SMILES string of the molecule is CCCc1nc2ccc([N+](=O)[O-])cc2c(=O)n1Cc1cccc(Br)c1. The van der Waals surface area contributed by atoms with Crippen molar-refractivity contribution in [1.29, 1.82) is 0 Å². The Morgan fingerprint density at radius 1 is 1.24 bits per heavy atom. The number of halogens is 1. The second-order valence-corrected chi connectivity index (χ2v) is 6.67. The smallest absolute Gasteiger partial charge is 0.270 e. The molecule has 1 aromatic heterocycles. The standard InChI is InChI=1S/C18H16BrN3O3/c1-2-4-17-20-16-8-7-14(22(24)25)10-15(16)18(23)21(17)11-12-5-3-6-13(19)9-12/h3,5-10H,2,4,11H2,1H3. The Bertz CT molecular complexity index is 1010. The van der Waals surface area contributed by atoms with E-state index in [9.17, 15) is 14.9 Å². The van der Waals surface area contributed by atoms with Crippen LogP contribution in [0.25, 0.3) is 10.9 Å². The van der Waals surface area contributed by atoms with Crippen LogP contribution in [0.15, 0.2) is 51.7 Å². The van der Waals surface area contributed by atoms with E-state index in [-0.39, 0.29) is 16.6 Å². The van der Waals surface area contributed by atoms with Gasteiger partial charge in [0.05, 0.1) is 22.4 Å². The molecule has 3 rings (SSSR count). The number of benzene rings is 2. The predicted molar refractivity (Wildman–Crippen MR) is 99.9 cm³/mol. The van der Waals surface area contributed by atoms with E-state index in [4.69, 9.17) is 0 Å². The number of hydrogen-bond donors (Lipinski definition) is 0. The number of rotatable bonds is 5. The second-order valence-electron chi connectivity index (χ2n) is 5.76. The maximum absolute atomic E-state index is 13.0. The Morgan fingerprint density at radius 2 is 2.04 bits per heavy atom. The quantitative estimate of drug-likeness (QED) is 0.476. The summed E-state index contributed by atoms with van der Waals surface area (Å²) in [5.74, 6) is 0.689. The van der Waals surface area contributed by atoms with E-state index in [1.807, 2.05) is 31.2 Å². The molecule has 128 valence electrons. The molecule has 6 nitrogen and oxygen atoms in total. The van der Waals surface area contributed by atoms with E-state index < -0.39 is 4.92 Å². The van der Waals surface area contributed by atoms with Crippen molar-refractivity contribution in [3.63, 3.8) is 0 Å². The average molecular weight is 402 g/mol. The van der Waals surface area contributed by atoms with Crippen molar-refractivity contribution in [1.82, 2.24) is 9.55 Å². The normalized spacial score (nSPS) is 11.0. The van der Waals surface area contributed by atoms with E-state index in [2.05, 4.69) is 20.9 Å². The van der Waals surface area contributed by atoms with E-state index >= 15 is 0 Å². The maximum Gasteiger partial charge on any atom is 0.270 e. The van der Waals surface area contributed by atoms with Crippen LogP contribution in [0.2, 0.25) is 0 Å². The fraction of sp³-hybridized carbons (Fsp3) is 0.222. The average Bonchev–Trinajstić information content (AvgIpc) is 2.58. The van der Waals surface area contributed by atoms with Crippen LogP contribution in [0.1, 0.15) is 24.7 Å². The van der Waals surface area contributed by atoms with Crippen LogP contribution in [0, 0.1) is 10.1 Å². The molecule has 7 heteroatoms. The van der Waals surface area contributed by atoms with Gasteiger partial charge in [0.1, 0.15) is 5.82 Å². The number of nitro benzene ring substituents is 1. The summed E-state index contributed by atoms with van der Waals surface area (Å²) in [5.41, 5.74) is 1.09. The van der Waals surface area contributed by atoms with Gasteiger partial charge >= 0.3 is 0 Å². The molecule has 0 aliphatic carbocycles. The molecule has 0 atom stereocenters. The van der Waals surface area contributed by atoms with Crippen LogP contribution in [0.4, 0.5) is 5.69 Å². The lowest BCUT2D eigenvalue weighted by atomic mass is 10.2. The summed E-state index contributed by atoms with van der Waals surface area (Å²) >= 11 is 3.43. The van der Waals surface area contributed by atoms with Crippen molar-refractivity contribution in [3.8, 4) is 0 Å². The first-order valence-electron chi connectivity index (χ1n) is 7.92. The number of fused-ring (bicyclic) bond motifs is 1. The largest absolute Gasteiger partial charge is 0.292 e. The zero-order valence-corrected chi connectivity index (χ0v) is 15.2. The molecule has 0 N–H and O–H groups in total. The van der Waals surface area contributed by atoms with Crippen LogP contribution in [-0.2, 0) is 13.0 Å². The highest BCUT2D eigenvalue weighted by Gasteiger charge is 2.14. The number of nitro groups is 1. The lowest BCUT2D eigenvalue weighted by Crippen LogP contribution is -2.26. The van der Waals surface area contributed by atoms with Gasteiger partial charge in [-0.2, -0.15) is 0 Å². The highest BCUT2D eigenvalue weighted by Crippen LogP contribution is 2.19. The molecule has 0 spiro atoms. The van der Waals surface area contributed by atoms with Gasteiger partial charge in [0.25, 0.3) is 11.2 Å². The lowest BCUT2D eigenvalue weighted by Gasteiger charge is -2.13. The third-order valence-corrected chi connectivity index (χ3v) is 4.42. The fourth-order valence-corrected chi connectivity index (χ4v) is 3.21. The second kappa shape index (κ2) is 7.14. The van der Waals surface area contributed by atoms with Gasteiger partial charge in [-0.1, -0.05) is 35.0 Å². The monoisotopic (exact) mass is 401 g/mol. The lowest BCUT2D eigenvalue weighted by molar-refractivity contribution is -0.384. The number of nitrogens with zero attached hydrogens (tertiary/aromatic N) is 3. The van der Waals surface area contributed by atoms with Crippen molar-refractivity contribution >= 4 is 32.5 Å². The summed E-state index contributed by atoms with van der Waals surface area (Å²) in [5, 5.41) is 11.3. The zero-order valence-electron chi connectivity index (χ0n) is 13.6. The molecular weight excluding hydrogens is 386 g/mol. The van der Waals surface area contributed by atoms with Gasteiger partial charge in [-0.25, -0.2) is 4.98 Å². The highest BCUT2D eigenvalue weighted by molar-refractivity contribution is 9.10. The Kier molecular flexibility index (Phi) is 4.94. The molecule has 1 heterocycles. The van der Waals surface area contributed by atoms with Crippen LogP contribution in [0.3, 0.4) is 0 Å². The minimum Gasteiger partial charge on any atom is -0.292 e. The molecule has 0 aliphatic rings. The number of aromatic nitrogens is 2. The van der Waals surface area contributed by atoms with Gasteiger partial charge in [0.2, 0.25) is 0 Å². The minimum atomic E-state index is -0.502. The summed E-state index contributed by atoms with van der Waals surface area (Å²) in [6.07, 6.45) is 1.51. The molecule has 0 unspecified atom stereocenters. The third kappa shape index (κ3) is 3.61. The molecule has 0 aliphatic heterocycles. The van der Waals surface area contributed by atoms with E-state index in [0.717, 1.165) is 16.5 Å². The first kappa shape index (κ1) is 17.3. The van der Waals surface area contributed by atoms with Gasteiger partial charge in [0.15, 0.2) is 0 Å². The van der Waals surface area contributed by atoms with Crippen LogP contribution >= 0.6 is 15.9 Å². The summed E-state index contributed by atoms with van der Waals surface area (Å²) in [4.78, 5) is 28.1. The maximum atomic E-state index is 13.0. The minimum absolute atomic E-state index is 0.108. The molecule has 2 aromatic carbocycles. The van der Waals surface area contributed by atoms with Crippen LogP contribution in [-0.4, -0.2) is 14.5 Å². The fourth-order valence-electron chi connectivity index (χ4n) is 2.76. The Morgan fingerprint density at radius 3 is 2.72 bits per heavy atom. The summed E-state index contributed by atoms with van der Waals surface area (Å²) in [7, 11) is 0. The molecular formula is C18H16BrN3O3. The third-order valence-electron chi connectivity index (χ3n) is 3.93. The summed E-state index contributed by atoms with van der Waals surface area (Å²) in [6, 6.07) is 11.9. The first-order chi connectivity index (χ1) is 12.0. The van der Waals surface area contributed by atoms with Gasteiger partial charge in [0, 0.05) is 23.0 Å². The van der Waals surface area contributed by atoms with E-state index in [1.165, 1.54) is 18.2 Å². The van der Waals surface area contributed by atoms with E-state index in [0.29, 0.717) is 24.3 Å². The van der Waals surface area contributed by atoms with Gasteiger partial charge in [-0.05, 0) is 30.2 Å². The molecule has 0 fully saturated rings. The van der Waals surface area contributed by atoms with Crippen molar-refractivity contribution < 1.29 is 4.92 Å². The number of non-ortho nitro benzene ring substituents is 1. The predicted octanol–water partition coefficient (Wildman–Crippen LogP) is 4.07. The highest BCUT2D eigenvalue weighted by atomic mass is 79.9. The Hall–Kier alpha value is -2.54. The number of aryl methyl sites for hydroxylation is 1. The van der Waals surface area contributed by atoms with Crippen LogP contribution in [0.5, 0.6) is 0 Å². The summed E-state index contributed by atoms with van der Waals surface area (Å²) in [6.45, 7) is 2.40. The molecule has 0 saturated heterocycles. The van der Waals surface area contributed by atoms with Crippen LogP contribution < -0.4 is 5.56 Å². The molecule has 0 radical (unpaired) electrons. The molecule has 25 heavy (non-hydrogen) atoms. The van der Waals surface area contributed by atoms with Gasteiger partial charge in [-0.3, -0.25) is 19.5 Å². The molecule has 0 amide bonds. The molecule has 3 aromatic rings. The topological polar surface area (TPSA) is 78.0 Å². The van der Waals surface area contributed by atoms with Crippen molar-refractivity contribution in [2.75, 3.05) is 0 Å². The van der Waals surface area contributed by atoms with Crippen molar-refractivity contribution in [2.24, 2.45) is 0 Å². The molecule has 0 bridgehead atoms. The van der Waals surface area contributed by atoms with Gasteiger partial charge < -0.3 is 0 Å². The summed E-state index contributed by atoms with van der Waals surface area (Å²) < 4.78 is 2.54. The van der Waals surface area contributed by atoms with Crippen molar-refractivity contribution in [2.45, 2.75) is 26.3 Å². The zero-order chi connectivity index (χ0) is 18.0. The van der Waals surface area contributed by atoms with E-state index in [1.54, 1.807) is 4.57 Å². The molecule has 0 saturated carbocycles. The number of hydrogen-bond acceptors (Lipinski definition) is 4. The Labute approximate surface area is 152 Å². The Balaban J connectivity index is 2.19. The van der Waals surface area contributed by atoms with Gasteiger partial charge in [-0.15, -0.1) is 0 Å². The van der Waals surface area contributed by atoms with Crippen molar-refractivity contribution in [3.05, 3.63) is 78.8 Å². The first-order valence-corrected chi connectivity index (χ1v) is 8.71.